The van der Waals surface area contributed by atoms with Crippen molar-refractivity contribution in [3.63, 3.8) is 0 Å². The van der Waals surface area contributed by atoms with E-state index in [-0.39, 0.29) is 0 Å². The molecule has 50 heavy (non-hydrogen) atoms. The van der Waals surface area contributed by atoms with Gasteiger partial charge in [-0.15, -0.1) is 0 Å². The van der Waals surface area contributed by atoms with Crippen LogP contribution in [0.25, 0.3) is 0 Å². The largest absolute Gasteiger partial charge is 0.493 e. The van der Waals surface area contributed by atoms with Crippen molar-refractivity contribution in [3.8, 4) is 11.5 Å². The molecule has 0 spiro atoms. The first-order chi connectivity index (χ1) is 24.4. The Morgan fingerprint density at radius 2 is 0.800 bits per heavy atom. The fourth-order valence-electron chi connectivity index (χ4n) is 5.39. The van der Waals surface area contributed by atoms with Crippen LogP contribution < -0.4 is 9.47 Å². The van der Waals surface area contributed by atoms with E-state index in [9.17, 15) is 0 Å². The number of hydrogen-bond donors (Lipinski definition) is 0. The molecule has 4 rings (SSSR count). The molecule has 0 N–H and O–H groups in total. The van der Waals surface area contributed by atoms with Crippen LogP contribution >= 0.6 is 0 Å². The van der Waals surface area contributed by atoms with Gasteiger partial charge in [0.05, 0.1) is 47.3 Å². The Bertz CT molecular complexity index is 1560. The summed E-state index contributed by atoms with van der Waals surface area (Å²) in [5.74, 6) is 2.95. The molecule has 4 aromatic carbocycles. The molecule has 0 radical (unpaired) electrons. The van der Waals surface area contributed by atoms with E-state index in [4.69, 9.17) is 9.47 Å². The van der Waals surface area contributed by atoms with E-state index in [0.29, 0.717) is 11.8 Å². The van der Waals surface area contributed by atoms with Gasteiger partial charge in [-0.05, 0) is 135 Å². The Balaban J connectivity index is 1.26. The monoisotopic (exact) mass is 674 g/mol. The van der Waals surface area contributed by atoms with Crippen molar-refractivity contribution in [2.24, 2.45) is 42.5 Å². The molecule has 0 saturated heterocycles. The summed E-state index contributed by atoms with van der Waals surface area (Å²) in [5.41, 5.74) is 6.62. The van der Waals surface area contributed by atoms with Gasteiger partial charge in [0.1, 0.15) is 11.5 Å². The molecule has 4 aromatic rings. The van der Waals surface area contributed by atoms with Gasteiger partial charge in [0.15, 0.2) is 0 Å². The summed E-state index contributed by atoms with van der Waals surface area (Å²) in [7, 11) is 0. The third-order valence-corrected chi connectivity index (χ3v) is 8.92. The number of benzene rings is 4. The second-order valence-corrected chi connectivity index (χ2v) is 13.0. The topological polar surface area (TPSA) is 92.6 Å². The molecule has 264 valence electrons. The molecule has 0 bridgehead atoms. The Hall–Kier alpha value is -4.72. The maximum atomic E-state index is 6.08. The second-order valence-electron chi connectivity index (χ2n) is 13.0. The number of rotatable bonds is 20. The van der Waals surface area contributed by atoms with Gasteiger partial charge in [-0.1, -0.05) is 66.2 Å². The summed E-state index contributed by atoms with van der Waals surface area (Å²) >= 11 is 0. The van der Waals surface area contributed by atoms with Crippen molar-refractivity contribution in [3.05, 3.63) is 96.1 Å². The number of aryl methyl sites for hydroxylation is 2. The Kier molecular flexibility index (Phi) is 15.8. The van der Waals surface area contributed by atoms with Crippen LogP contribution in [0.5, 0.6) is 11.5 Å². The standard InChI is InChI=1S/C42H54N6O2/c1-7-11-13-33(9-3)29-49-39-23-25-41(31(5)27-39)47-45-37-19-15-35(16-20-37)43-44-36-17-21-38(22-18-36)46-48-42-26-24-40(28-32(42)6)50-30-34(10-4)14-12-8-2/h15-28,33-34H,7-14,29-30H2,1-6H3. The van der Waals surface area contributed by atoms with E-state index < -0.39 is 0 Å². The molecule has 0 amide bonds. The number of azo groups is 3. The predicted molar refractivity (Wildman–Crippen MR) is 205 cm³/mol. The molecule has 0 aromatic heterocycles. The van der Waals surface area contributed by atoms with Crippen molar-refractivity contribution < 1.29 is 9.47 Å². The molecule has 0 saturated carbocycles. The Labute approximate surface area is 299 Å². The van der Waals surface area contributed by atoms with Gasteiger partial charge in [0.25, 0.3) is 0 Å². The number of ether oxygens (including phenoxy) is 2. The van der Waals surface area contributed by atoms with Crippen LogP contribution in [0.15, 0.2) is 116 Å². The quantitative estimate of drug-likeness (QED) is 0.0873. The van der Waals surface area contributed by atoms with E-state index in [1.165, 1.54) is 38.5 Å². The van der Waals surface area contributed by atoms with E-state index in [0.717, 1.165) is 82.8 Å². The fourth-order valence-corrected chi connectivity index (χ4v) is 5.39. The highest BCUT2D eigenvalue weighted by molar-refractivity contribution is 5.53. The van der Waals surface area contributed by atoms with Crippen LogP contribution in [-0.2, 0) is 0 Å². The summed E-state index contributed by atoms with van der Waals surface area (Å²) in [6.45, 7) is 14.5. The van der Waals surface area contributed by atoms with Crippen molar-refractivity contribution >= 4 is 34.1 Å². The van der Waals surface area contributed by atoms with Crippen molar-refractivity contribution in [1.29, 1.82) is 0 Å². The number of unbranched alkanes of at least 4 members (excludes halogenated alkanes) is 2. The predicted octanol–water partition coefficient (Wildman–Crippen LogP) is 14.7. The molecule has 0 aliphatic heterocycles. The molecule has 8 nitrogen and oxygen atoms in total. The first-order valence-electron chi connectivity index (χ1n) is 18.3. The summed E-state index contributed by atoms with van der Waals surface area (Å²) in [6.07, 6.45) is 9.64. The van der Waals surface area contributed by atoms with E-state index in [1.807, 2.05) is 98.8 Å². The molecule has 0 aliphatic carbocycles. The van der Waals surface area contributed by atoms with Crippen molar-refractivity contribution in [2.75, 3.05) is 13.2 Å². The van der Waals surface area contributed by atoms with E-state index >= 15 is 0 Å². The Morgan fingerprint density at radius 3 is 1.10 bits per heavy atom. The first kappa shape index (κ1) is 38.1. The Morgan fingerprint density at radius 1 is 0.460 bits per heavy atom. The van der Waals surface area contributed by atoms with Gasteiger partial charge >= 0.3 is 0 Å². The molecule has 0 fully saturated rings. The van der Waals surface area contributed by atoms with E-state index in [2.05, 4.69) is 58.4 Å². The average Bonchev–Trinajstić information content (AvgIpc) is 3.14. The van der Waals surface area contributed by atoms with Gasteiger partial charge in [-0.2, -0.15) is 30.7 Å². The lowest BCUT2D eigenvalue weighted by Crippen LogP contribution is -2.11. The maximum Gasteiger partial charge on any atom is 0.119 e. The van der Waals surface area contributed by atoms with Gasteiger partial charge in [-0.25, -0.2) is 0 Å². The van der Waals surface area contributed by atoms with Crippen molar-refractivity contribution in [2.45, 2.75) is 92.9 Å². The minimum atomic E-state index is 0.596. The van der Waals surface area contributed by atoms with Gasteiger partial charge in [0.2, 0.25) is 0 Å². The highest BCUT2D eigenvalue weighted by atomic mass is 16.5. The van der Waals surface area contributed by atoms with Gasteiger partial charge in [0, 0.05) is 0 Å². The lowest BCUT2D eigenvalue weighted by molar-refractivity contribution is 0.233. The highest BCUT2D eigenvalue weighted by Crippen LogP contribution is 2.30. The van der Waals surface area contributed by atoms with Gasteiger partial charge < -0.3 is 9.47 Å². The summed E-state index contributed by atoms with van der Waals surface area (Å²) in [6, 6.07) is 27.0. The third-order valence-electron chi connectivity index (χ3n) is 8.92. The van der Waals surface area contributed by atoms with Crippen LogP contribution in [-0.4, -0.2) is 13.2 Å². The number of nitrogens with zero attached hydrogens (tertiary/aromatic N) is 6. The minimum absolute atomic E-state index is 0.596. The molecular formula is C42H54N6O2. The zero-order chi connectivity index (χ0) is 35.6. The SMILES string of the molecule is CCCCC(CC)COc1ccc(N=Nc2ccc(N=Nc3ccc(N=Nc4ccc(OCC(CC)CCCC)cc4C)cc3)cc2)c(C)c1. The smallest absolute Gasteiger partial charge is 0.119 e. The second kappa shape index (κ2) is 20.7. The van der Waals surface area contributed by atoms with Crippen LogP contribution in [0.1, 0.15) is 90.2 Å². The van der Waals surface area contributed by atoms with E-state index in [1.54, 1.807) is 0 Å². The summed E-state index contributed by atoms with van der Waals surface area (Å²) in [5, 5.41) is 26.5. The minimum Gasteiger partial charge on any atom is -0.493 e. The third kappa shape index (κ3) is 12.6. The van der Waals surface area contributed by atoms with Crippen LogP contribution in [0.4, 0.5) is 34.1 Å². The lowest BCUT2D eigenvalue weighted by Gasteiger charge is -2.16. The lowest BCUT2D eigenvalue weighted by atomic mass is 10.0. The van der Waals surface area contributed by atoms with Crippen molar-refractivity contribution in [1.82, 2.24) is 0 Å². The molecular weight excluding hydrogens is 621 g/mol. The zero-order valence-electron chi connectivity index (χ0n) is 30.8. The first-order valence-corrected chi connectivity index (χ1v) is 18.3. The molecule has 2 unspecified atom stereocenters. The van der Waals surface area contributed by atoms with Crippen LogP contribution in [0, 0.1) is 25.7 Å². The summed E-state index contributed by atoms with van der Waals surface area (Å²) < 4.78 is 12.2. The normalized spacial score (nSPS) is 13.0. The fraction of sp³-hybridized carbons (Fsp3) is 0.429. The average molecular weight is 675 g/mol. The molecule has 0 aliphatic rings. The highest BCUT2D eigenvalue weighted by Gasteiger charge is 2.09. The molecule has 2 atom stereocenters. The zero-order valence-corrected chi connectivity index (χ0v) is 30.8. The summed E-state index contributed by atoms with van der Waals surface area (Å²) in [4.78, 5) is 0. The molecule has 8 heteroatoms. The number of hydrogen-bond acceptors (Lipinski definition) is 8. The van der Waals surface area contributed by atoms with Gasteiger partial charge in [-0.3, -0.25) is 0 Å². The van der Waals surface area contributed by atoms with Crippen LogP contribution in [0.3, 0.4) is 0 Å². The maximum absolute atomic E-state index is 6.08. The molecule has 0 heterocycles. The van der Waals surface area contributed by atoms with Crippen LogP contribution in [0.2, 0.25) is 0 Å².